The third-order valence-electron chi connectivity index (χ3n) is 4.04. The number of hydrogen-bond acceptors (Lipinski definition) is 3. The van der Waals surface area contributed by atoms with E-state index in [0.29, 0.717) is 14.7 Å². The standard InChI is InChI=1S/C20H16F2O5S2/c21-20(22,19(23)24)29(25,26)27-28(16-10-4-1-5-11-16,17-12-6-2-7-13-17)18-14-8-3-9-15-18/h1-15H,(H,23,24)/p+1. The fourth-order valence-electron chi connectivity index (χ4n) is 2.69. The van der Waals surface area contributed by atoms with Crippen molar-refractivity contribution in [2.24, 2.45) is 0 Å². The zero-order valence-electron chi connectivity index (χ0n) is 14.9. The van der Waals surface area contributed by atoms with Crippen molar-refractivity contribution in [2.45, 2.75) is 19.9 Å². The summed E-state index contributed by atoms with van der Waals surface area (Å²) in [6, 6.07) is 24.5. The molecule has 3 aromatic rings. The maximum Gasteiger partial charge on any atom is 0.513 e. The van der Waals surface area contributed by atoms with Crippen molar-refractivity contribution in [1.82, 2.24) is 0 Å². The molecular weight excluding hydrogens is 422 g/mol. The number of halogens is 2. The molecule has 0 saturated carbocycles. The molecule has 0 fully saturated rings. The van der Waals surface area contributed by atoms with Crippen molar-refractivity contribution < 1.29 is 30.7 Å². The van der Waals surface area contributed by atoms with Crippen LogP contribution in [0.1, 0.15) is 0 Å². The minimum Gasteiger partial charge on any atom is -0.476 e. The fourth-order valence-corrected chi connectivity index (χ4v) is 7.97. The average Bonchev–Trinajstić information content (AvgIpc) is 2.73. The molecule has 5 nitrogen and oxygen atoms in total. The van der Waals surface area contributed by atoms with E-state index in [1.54, 1.807) is 91.0 Å². The summed E-state index contributed by atoms with van der Waals surface area (Å²) in [6.45, 7) is 0. The predicted octanol–water partition coefficient (Wildman–Crippen LogP) is 4.98. The molecular formula is C20H17F2O5S2+. The highest BCUT2D eigenvalue weighted by Gasteiger charge is 2.62. The highest BCUT2D eigenvalue weighted by atomic mass is 32.3. The second kappa shape index (κ2) is 7.94. The van der Waals surface area contributed by atoms with Gasteiger partial charge in [0.2, 0.25) is 0 Å². The summed E-state index contributed by atoms with van der Waals surface area (Å²) in [5.74, 6) is -2.77. The molecule has 9 heteroatoms. The van der Waals surface area contributed by atoms with Crippen LogP contribution in [0, 0.1) is 0 Å². The number of hydrogen-bond donors (Lipinski definition) is 1. The lowest BCUT2D eigenvalue weighted by Gasteiger charge is -2.35. The molecule has 0 heterocycles. The van der Waals surface area contributed by atoms with Gasteiger partial charge < -0.3 is 5.11 Å². The Labute approximate surface area is 168 Å². The molecule has 2 N–H and O–H groups in total. The van der Waals surface area contributed by atoms with Crippen LogP contribution in [-0.2, 0) is 14.9 Å². The second-order valence-corrected chi connectivity index (χ2v) is 10.5. The number of benzene rings is 3. The van der Waals surface area contributed by atoms with Gasteiger partial charge in [0.05, 0.1) is 25.0 Å². The third kappa shape index (κ3) is 3.76. The van der Waals surface area contributed by atoms with E-state index in [-0.39, 0.29) is 0 Å². The first kappa shape index (κ1) is 21.0. The Hall–Kier alpha value is -2.75. The molecule has 0 aliphatic rings. The molecule has 3 aromatic carbocycles. The van der Waals surface area contributed by atoms with Gasteiger partial charge in [0.1, 0.15) is 0 Å². The van der Waals surface area contributed by atoms with Crippen LogP contribution in [0.25, 0.3) is 0 Å². The van der Waals surface area contributed by atoms with E-state index >= 15 is 0 Å². The smallest absolute Gasteiger partial charge is 0.476 e. The second-order valence-electron chi connectivity index (χ2n) is 5.89. The third-order valence-corrected chi connectivity index (χ3v) is 9.40. The molecule has 0 saturated heterocycles. The topological polar surface area (TPSA) is 84.2 Å². The minimum atomic E-state index is -5.73. The van der Waals surface area contributed by atoms with Gasteiger partial charge in [-0.1, -0.05) is 54.6 Å². The summed E-state index contributed by atoms with van der Waals surface area (Å²) >= 11 is 0. The van der Waals surface area contributed by atoms with E-state index in [0.717, 1.165) is 0 Å². The Bertz CT molecular complexity index is 993. The van der Waals surface area contributed by atoms with Gasteiger partial charge in [-0.15, -0.1) is 8.42 Å². The summed E-state index contributed by atoms with van der Waals surface area (Å²) < 4.78 is 57.0. The van der Waals surface area contributed by atoms with Gasteiger partial charge in [0.25, 0.3) is 0 Å². The Kier molecular flexibility index (Phi) is 5.74. The number of carbonyl (C=O) groups is 1. The fraction of sp³-hybridized carbons (Fsp3) is 0.0500. The highest BCUT2D eigenvalue weighted by Crippen LogP contribution is 2.68. The summed E-state index contributed by atoms with van der Waals surface area (Å²) in [5.41, 5.74) is 0. The van der Waals surface area contributed by atoms with Gasteiger partial charge in [0, 0.05) is 0 Å². The maximum absolute atomic E-state index is 14.1. The molecule has 3 rings (SSSR count). The zero-order chi connectivity index (χ0) is 21.1. The largest absolute Gasteiger partial charge is 0.513 e. The van der Waals surface area contributed by atoms with Crippen molar-refractivity contribution in [2.75, 3.05) is 0 Å². The SMILES string of the molecule is O=C(O)C(F)(F)S(=O)(=O)[OH+]S(c1ccccc1)(c1ccccc1)c1ccccc1. The predicted molar refractivity (Wildman–Crippen MR) is 106 cm³/mol. The van der Waals surface area contributed by atoms with Gasteiger partial charge in [-0.05, 0) is 36.4 Å². The molecule has 0 aromatic heterocycles. The molecule has 0 unspecified atom stereocenters. The van der Waals surface area contributed by atoms with E-state index < -0.39 is 31.7 Å². The zero-order valence-corrected chi connectivity index (χ0v) is 16.5. The lowest BCUT2D eigenvalue weighted by atomic mass is 10.4. The number of carboxylic acids is 1. The van der Waals surface area contributed by atoms with Gasteiger partial charge in [0.15, 0.2) is 0 Å². The van der Waals surface area contributed by atoms with Crippen LogP contribution in [0.2, 0.25) is 0 Å². The Morgan fingerprint density at radius 2 is 1.03 bits per heavy atom. The van der Waals surface area contributed by atoms with Crippen molar-refractivity contribution in [3.8, 4) is 0 Å². The van der Waals surface area contributed by atoms with Crippen molar-refractivity contribution >= 4 is 26.4 Å². The summed E-state index contributed by atoms with van der Waals surface area (Å²) in [5, 5.41) is 3.74. The minimum absolute atomic E-state index is 0.377. The van der Waals surface area contributed by atoms with Crippen LogP contribution in [-0.4, -0.2) is 28.4 Å². The first-order valence-electron chi connectivity index (χ1n) is 8.30. The van der Waals surface area contributed by atoms with Crippen molar-refractivity contribution in [3.63, 3.8) is 0 Å². The molecule has 0 spiro atoms. The number of aliphatic carboxylic acids is 1. The Balaban J connectivity index is 2.36. The Morgan fingerprint density at radius 1 is 0.724 bits per heavy atom. The first-order chi connectivity index (χ1) is 13.7. The molecule has 152 valence electrons. The summed E-state index contributed by atoms with van der Waals surface area (Å²) in [7, 11) is -8.85. The molecule has 0 radical (unpaired) electrons. The van der Waals surface area contributed by atoms with Crippen LogP contribution in [0.15, 0.2) is 106 Å². The van der Waals surface area contributed by atoms with Crippen LogP contribution in [0.3, 0.4) is 0 Å². The molecule has 0 aliphatic heterocycles. The molecule has 29 heavy (non-hydrogen) atoms. The van der Waals surface area contributed by atoms with Crippen LogP contribution < -0.4 is 0 Å². The van der Waals surface area contributed by atoms with E-state index in [1.807, 2.05) is 0 Å². The highest BCUT2D eigenvalue weighted by molar-refractivity contribution is 8.32. The van der Waals surface area contributed by atoms with E-state index in [2.05, 4.69) is 3.63 Å². The maximum atomic E-state index is 14.1. The first-order valence-corrected chi connectivity index (χ1v) is 11.3. The number of rotatable bonds is 7. The normalized spacial score (nSPS) is 13.0. The van der Waals surface area contributed by atoms with Gasteiger partial charge in [-0.25, -0.2) is 4.79 Å². The number of alkyl halides is 2. The monoisotopic (exact) mass is 439 g/mol. The molecule has 0 aliphatic carbocycles. The van der Waals surface area contributed by atoms with Crippen molar-refractivity contribution in [3.05, 3.63) is 91.0 Å². The average molecular weight is 439 g/mol. The van der Waals surface area contributed by atoms with E-state index in [1.165, 1.54) is 0 Å². The lowest BCUT2D eigenvalue weighted by molar-refractivity contribution is -0.154. The van der Waals surface area contributed by atoms with Gasteiger partial charge >= 0.3 is 21.3 Å². The molecule has 0 amide bonds. The van der Waals surface area contributed by atoms with Gasteiger partial charge in [-0.2, -0.15) is 8.78 Å². The van der Waals surface area contributed by atoms with Gasteiger partial charge in [-0.3, -0.25) is 3.63 Å². The van der Waals surface area contributed by atoms with E-state index in [9.17, 15) is 22.0 Å². The molecule has 0 atom stereocenters. The van der Waals surface area contributed by atoms with Crippen molar-refractivity contribution in [1.29, 1.82) is 0 Å². The van der Waals surface area contributed by atoms with Crippen LogP contribution in [0.5, 0.6) is 0 Å². The van der Waals surface area contributed by atoms with E-state index in [4.69, 9.17) is 5.11 Å². The summed E-state index contributed by atoms with van der Waals surface area (Å²) in [6.07, 6.45) is 0. The summed E-state index contributed by atoms with van der Waals surface area (Å²) in [4.78, 5) is 12.1. The Morgan fingerprint density at radius 3 is 1.31 bits per heavy atom. The molecule has 0 bridgehead atoms. The van der Waals surface area contributed by atoms with Crippen LogP contribution >= 0.6 is 10.3 Å². The quantitative estimate of drug-likeness (QED) is 0.415. The number of carboxylic acid groups (broad SMARTS) is 1. The van der Waals surface area contributed by atoms with Crippen LogP contribution in [0.4, 0.5) is 8.78 Å². The lowest BCUT2D eigenvalue weighted by Crippen LogP contribution is -2.41.